The van der Waals surface area contributed by atoms with Crippen molar-refractivity contribution in [1.82, 2.24) is 0 Å². The molecular formula is C20H20ClNO5. The lowest BCUT2D eigenvalue weighted by atomic mass is 10.2. The molecule has 0 radical (unpaired) electrons. The van der Waals surface area contributed by atoms with Gasteiger partial charge in [0.15, 0.2) is 18.1 Å². The third-order valence-corrected chi connectivity index (χ3v) is 3.64. The molecule has 2 rings (SSSR count). The van der Waals surface area contributed by atoms with Crippen LogP contribution in [-0.4, -0.2) is 32.2 Å². The molecule has 0 aliphatic carbocycles. The van der Waals surface area contributed by atoms with Crippen molar-refractivity contribution in [2.45, 2.75) is 6.92 Å². The normalized spacial score (nSPS) is 10.5. The van der Waals surface area contributed by atoms with Gasteiger partial charge < -0.3 is 19.5 Å². The molecule has 0 saturated carbocycles. The van der Waals surface area contributed by atoms with Crippen LogP contribution >= 0.6 is 11.6 Å². The number of esters is 1. The molecule has 1 amide bonds. The van der Waals surface area contributed by atoms with E-state index in [-0.39, 0.29) is 6.61 Å². The second-order valence-corrected chi connectivity index (χ2v) is 5.73. The number of ether oxygens (including phenoxy) is 3. The van der Waals surface area contributed by atoms with Gasteiger partial charge >= 0.3 is 5.97 Å². The molecule has 0 atom stereocenters. The number of nitrogens with one attached hydrogen (secondary N) is 1. The van der Waals surface area contributed by atoms with Crippen molar-refractivity contribution in [3.63, 3.8) is 0 Å². The van der Waals surface area contributed by atoms with Crippen molar-refractivity contribution >= 4 is 35.2 Å². The first-order valence-corrected chi connectivity index (χ1v) is 8.61. The first kappa shape index (κ1) is 20.3. The van der Waals surface area contributed by atoms with Gasteiger partial charge in [0, 0.05) is 11.8 Å². The summed E-state index contributed by atoms with van der Waals surface area (Å²) in [4.78, 5) is 23.6. The highest BCUT2D eigenvalue weighted by Crippen LogP contribution is 2.36. The molecule has 0 heterocycles. The molecule has 27 heavy (non-hydrogen) atoms. The van der Waals surface area contributed by atoms with E-state index in [1.54, 1.807) is 36.4 Å². The predicted octanol–water partition coefficient (Wildman–Crippen LogP) is 3.94. The molecule has 0 saturated heterocycles. The summed E-state index contributed by atoms with van der Waals surface area (Å²) in [5, 5.41) is 2.99. The molecule has 2 aromatic carbocycles. The predicted molar refractivity (Wildman–Crippen MR) is 104 cm³/mol. The average molecular weight is 390 g/mol. The van der Waals surface area contributed by atoms with Gasteiger partial charge in [0.25, 0.3) is 5.91 Å². The van der Waals surface area contributed by atoms with Crippen LogP contribution in [0.15, 0.2) is 48.5 Å². The fourth-order valence-electron chi connectivity index (χ4n) is 2.19. The van der Waals surface area contributed by atoms with Gasteiger partial charge in [-0.05, 0) is 42.8 Å². The second-order valence-electron chi connectivity index (χ2n) is 5.32. The number of hydrogen-bond acceptors (Lipinski definition) is 5. The monoisotopic (exact) mass is 389 g/mol. The maximum atomic E-state index is 11.8. The topological polar surface area (TPSA) is 73.9 Å². The molecule has 0 spiro atoms. The van der Waals surface area contributed by atoms with Crippen LogP contribution < -0.4 is 14.8 Å². The van der Waals surface area contributed by atoms with Crippen molar-refractivity contribution in [2.75, 3.05) is 25.6 Å². The molecule has 0 bridgehead atoms. The third kappa shape index (κ3) is 6.34. The van der Waals surface area contributed by atoms with Crippen LogP contribution in [0.5, 0.6) is 11.5 Å². The lowest BCUT2D eigenvalue weighted by Gasteiger charge is -2.11. The highest BCUT2D eigenvalue weighted by molar-refractivity contribution is 6.32. The number of amides is 1. The Morgan fingerprint density at radius 3 is 2.59 bits per heavy atom. The zero-order valence-corrected chi connectivity index (χ0v) is 15.8. The van der Waals surface area contributed by atoms with E-state index in [0.29, 0.717) is 34.4 Å². The van der Waals surface area contributed by atoms with E-state index < -0.39 is 11.9 Å². The standard InChI is InChI=1S/C20H20ClNO5/c1-3-26-20-16(21)11-14(12-17(20)25-2)9-10-19(24)27-13-18(23)22-15-7-5-4-6-8-15/h4-12H,3,13H2,1-2H3,(H,22,23)/b10-9+. The smallest absolute Gasteiger partial charge is 0.331 e. The Hall–Kier alpha value is -2.99. The van der Waals surface area contributed by atoms with Gasteiger partial charge in [0.2, 0.25) is 0 Å². The molecule has 6 nitrogen and oxygen atoms in total. The summed E-state index contributed by atoms with van der Waals surface area (Å²) < 4.78 is 15.6. The van der Waals surface area contributed by atoms with Crippen molar-refractivity contribution < 1.29 is 23.8 Å². The van der Waals surface area contributed by atoms with E-state index in [1.165, 1.54) is 19.3 Å². The first-order valence-electron chi connectivity index (χ1n) is 8.23. The molecule has 7 heteroatoms. The van der Waals surface area contributed by atoms with Crippen molar-refractivity contribution in [3.05, 3.63) is 59.1 Å². The second kappa shape index (κ2) is 10.2. The number of methoxy groups -OCH3 is 1. The quantitative estimate of drug-likeness (QED) is 0.546. The summed E-state index contributed by atoms with van der Waals surface area (Å²) in [6, 6.07) is 12.2. The molecule has 1 N–H and O–H groups in total. The van der Waals surface area contributed by atoms with Gasteiger partial charge in [-0.2, -0.15) is 0 Å². The number of para-hydroxylation sites is 1. The maximum absolute atomic E-state index is 11.8. The Morgan fingerprint density at radius 2 is 1.93 bits per heavy atom. The van der Waals surface area contributed by atoms with Crippen LogP contribution in [0.3, 0.4) is 0 Å². The Balaban J connectivity index is 1.92. The lowest BCUT2D eigenvalue weighted by molar-refractivity contribution is -0.142. The van der Waals surface area contributed by atoms with Crippen molar-refractivity contribution in [1.29, 1.82) is 0 Å². The zero-order valence-electron chi connectivity index (χ0n) is 15.0. The number of carbonyl (C=O) groups is 2. The fraction of sp³-hybridized carbons (Fsp3) is 0.200. The largest absolute Gasteiger partial charge is 0.493 e. The average Bonchev–Trinajstić information content (AvgIpc) is 2.67. The van der Waals surface area contributed by atoms with Crippen LogP contribution in [0.25, 0.3) is 6.08 Å². The number of benzene rings is 2. The number of carbonyl (C=O) groups excluding carboxylic acids is 2. The molecule has 0 aliphatic heterocycles. The number of halogens is 1. The van der Waals surface area contributed by atoms with E-state index >= 15 is 0 Å². The van der Waals surface area contributed by atoms with Gasteiger partial charge in [-0.25, -0.2) is 4.79 Å². The van der Waals surface area contributed by atoms with Crippen LogP contribution in [0.1, 0.15) is 12.5 Å². The third-order valence-electron chi connectivity index (χ3n) is 3.36. The van der Waals surface area contributed by atoms with Crippen LogP contribution in [-0.2, 0) is 14.3 Å². The number of anilines is 1. The summed E-state index contributed by atoms with van der Waals surface area (Å²) in [5.74, 6) is -0.172. The van der Waals surface area contributed by atoms with Gasteiger partial charge in [0.05, 0.1) is 18.7 Å². The lowest BCUT2D eigenvalue weighted by Crippen LogP contribution is -2.20. The van der Waals surface area contributed by atoms with Gasteiger partial charge in [-0.1, -0.05) is 29.8 Å². The Labute approximate surface area is 162 Å². The van der Waals surface area contributed by atoms with Crippen LogP contribution in [0.4, 0.5) is 5.69 Å². The highest BCUT2D eigenvalue weighted by atomic mass is 35.5. The summed E-state index contributed by atoms with van der Waals surface area (Å²) >= 11 is 6.18. The summed E-state index contributed by atoms with van der Waals surface area (Å²) in [6.07, 6.45) is 2.73. The van der Waals surface area contributed by atoms with E-state index in [1.807, 2.05) is 13.0 Å². The molecule has 142 valence electrons. The summed E-state index contributed by atoms with van der Waals surface area (Å²) in [6.45, 7) is 1.90. The van der Waals surface area contributed by atoms with Crippen LogP contribution in [0.2, 0.25) is 5.02 Å². The molecule has 0 aliphatic rings. The van der Waals surface area contributed by atoms with E-state index in [9.17, 15) is 9.59 Å². The minimum Gasteiger partial charge on any atom is -0.493 e. The van der Waals surface area contributed by atoms with Crippen molar-refractivity contribution in [3.8, 4) is 11.5 Å². The van der Waals surface area contributed by atoms with Crippen molar-refractivity contribution in [2.24, 2.45) is 0 Å². The molecule has 2 aromatic rings. The van der Waals surface area contributed by atoms with Gasteiger partial charge in [0.1, 0.15) is 0 Å². The Morgan fingerprint density at radius 1 is 1.19 bits per heavy atom. The molecular weight excluding hydrogens is 370 g/mol. The number of rotatable bonds is 8. The molecule has 0 unspecified atom stereocenters. The Kier molecular flexibility index (Phi) is 7.70. The number of hydrogen-bond donors (Lipinski definition) is 1. The van der Waals surface area contributed by atoms with Crippen LogP contribution in [0, 0.1) is 0 Å². The first-order chi connectivity index (χ1) is 13.0. The van der Waals surface area contributed by atoms with Gasteiger partial charge in [-0.15, -0.1) is 0 Å². The highest BCUT2D eigenvalue weighted by Gasteiger charge is 2.11. The molecule has 0 fully saturated rings. The van der Waals surface area contributed by atoms with Gasteiger partial charge in [-0.3, -0.25) is 4.79 Å². The minimum atomic E-state index is -0.651. The fourth-order valence-corrected chi connectivity index (χ4v) is 2.46. The maximum Gasteiger partial charge on any atom is 0.331 e. The van der Waals surface area contributed by atoms with E-state index in [2.05, 4.69) is 5.32 Å². The SMILES string of the molecule is CCOc1c(Cl)cc(/C=C/C(=O)OCC(=O)Nc2ccccc2)cc1OC. The minimum absolute atomic E-state index is 0.367. The summed E-state index contributed by atoms with van der Waals surface area (Å²) in [5.41, 5.74) is 1.26. The molecule has 0 aromatic heterocycles. The Bertz CT molecular complexity index is 821. The zero-order chi connectivity index (χ0) is 19.6. The summed E-state index contributed by atoms with van der Waals surface area (Å²) in [7, 11) is 1.50. The van der Waals surface area contributed by atoms with E-state index in [4.69, 9.17) is 25.8 Å². The van der Waals surface area contributed by atoms with E-state index in [0.717, 1.165) is 0 Å².